The Balaban J connectivity index is 2.05. The van der Waals surface area contributed by atoms with Crippen molar-refractivity contribution in [1.29, 1.82) is 0 Å². The van der Waals surface area contributed by atoms with Crippen LogP contribution in [0.25, 0.3) is 22.5 Å². The van der Waals surface area contributed by atoms with Gasteiger partial charge >= 0.3 is 6.18 Å². The van der Waals surface area contributed by atoms with Gasteiger partial charge in [0.25, 0.3) is 0 Å². The van der Waals surface area contributed by atoms with E-state index in [9.17, 15) is 13.2 Å². The summed E-state index contributed by atoms with van der Waals surface area (Å²) in [6, 6.07) is 12.7. The largest absolute Gasteiger partial charge is 0.416 e. The van der Waals surface area contributed by atoms with Crippen LogP contribution >= 0.6 is 0 Å². The Kier molecular flexibility index (Phi) is 3.86. The molecule has 5 heteroatoms. The van der Waals surface area contributed by atoms with Gasteiger partial charge in [0, 0.05) is 23.5 Å². The van der Waals surface area contributed by atoms with E-state index >= 15 is 0 Å². The minimum Gasteiger partial charge on any atom is -0.252 e. The van der Waals surface area contributed by atoms with Crippen molar-refractivity contribution < 1.29 is 13.2 Å². The number of aryl methyl sites for hydroxylation is 1. The number of halogens is 3. The lowest BCUT2D eigenvalue weighted by Gasteiger charge is -2.10. The molecule has 116 valence electrons. The maximum Gasteiger partial charge on any atom is 0.416 e. The molecule has 0 atom stereocenters. The first-order chi connectivity index (χ1) is 10.9. The number of hydrogen-bond donors (Lipinski definition) is 0. The first kappa shape index (κ1) is 15.2. The maximum atomic E-state index is 12.7. The summed E-state index contributed by atoms with van der Waals surface area (Å²) in [6.07, 6.45) is -1.24. The Bertz CT molecular complexity index is 807. The molecule has 0 spiro atoms. The third-order valence-electron chi connectivity index (χ3n) is 3.51. The fourth-order valence-corrected chi connectivity index (χ4v) is 2.29. The van der Waals surface area contributed by atoms with Crippen LogP contribution in [0.5, 0.6) is 0 Å². The van der Waals surface area contributed by atoms with Gasteiger partial charge in [-0.15, -0.1) is 0 Å². The summed E-state index contributed by atoms with van der Waals surface area (Å²) in [4.78, 5) is 8.64. The highest BCUT2D eigenvalue weighted by Crippen LogP contribution is 2.33. The molecule has 0 bridgehead atoms. The number of hydrogen-bond acceptors (Lipinski definition) is 2. The summed E-state index contributed by atoms with van der Waals surface area (Å²) in [5.41, 5.74) is 3.12. The van der Waals surface area contributed by atoms with Gasteiger partial charge in [0.1, 0.15) is 0 Å². The standard InChI is InChI=1S/C18H13F3N2/c1-12-2-4-13(5-3-12)16-17(23-11-10-22-16)14-6-8-15(9-7-14)18(19,20)21/h2-11H,1H3. The van der Waals surface area contributed by atoms with Gasteiger partial charge in [-0.25, -0.2) is 0 Å². The van der Waals surface area contributed by atoms with E-state index in [1.165, 1.54) is 18.3 Å². The topological polar surface area (TPSA) is 25.8 Å². The SMILES string of the molecule is Cc1ccc(-c2nccnc2-c2ccc(C(F)(F)F)cc2)cc1. The highest BCUT2D eigenvalue weighted by atomic mass is 19.4. The fraction of sp³-hybridized carbons (Fsp3) is 0.111. The van der Waals surface area contributed by atoms with Gasteiger partial charge in [-0.2, -0.15) is 13.2 Å². The summed E-state index contributed by atoms with van der Waals surface area (Å²) in [5.74, 6) is 0. The Morgan fingerprint density at radius 1 is 0.696 bits per heavy atom. The quantitative estimate of drug-likeness (QED) is 0.654. The van der Waals surface area contributed by atoms with E-state index in [4.69, 9.17) is 0 Å². The van der Waals surface area contributed by atoms with Crippen molar-refractivity contribution >= 4 is 0 Å². The molecule has 3 aromatic rings. The molecule has 0 radical (unpaired) electrons. The van der Waals surface area contributed by atoms with Gasteiger partial charge in [0.2, 0.25) is 0 Å². The Hall–Kier alpha value is -2.69. The second-order valence-corrected chi connectivity index (χ2v) is 5.19. The summed E-state index contributed by atoms with van der Waals surface area (Å²) in [6.45, 7) is 1.98. The maximum absolute atomic E-state index is 12.7. The summed E-state index contributed by atoms with van der Waals surface area (Å²) in [7, 11) is 0. The molecule has 0 aliphatic rings. The van der Waals surface area contributed by atoms with Crippen LogP contribution in [0.2, 0.25) is 0 Å². The van der Waals surface area contributed by atoms with E-state index in [-0.39, 0.29) is 0 Å². The molecule has 1 heterocycles. The molecule has 2 aromatic carbocycles. The summed E-state index contributed by atoms with van der Waals surface area (Å²) < 4.78 is 38.0. The van der Waals surface area contributed by atoms with Gasteiger partial charge in [-0.3, -0.25) is 9.97 Å². The molecule has 2 nitrogen and oxygen atoms in total. The monoisotopic (exact) mass is 314 g/mol. The first-order valence-corrected chi connectivity index (χ1v) is 7.01. The van der Waals surface area contributed by atoms with E-state index in [1.807, 2.05) is 31.2 Å². The van der Waals surface area contributed by atoms with Crippen molar-refractivity contribution in [2.24, 2.45) is 0 Å². The normalized spacial score (nSPS) is 11.5. The molecular formula is C18H13F3N2. The van der Waals surface area contributed by atoms with E-state index in [0.717, 1.165) is 23.3 Å². The van der Waals surface area contributed by atoms with Crippen LogP contribution in [0.3, 0.4) is 0 Å². The molecule has 3 rings (SSSR count). The highest BCUT2D eigenvalue weighted by Gasteiger charge is 2.30. The minimum atomic E-state index is -4.35. The first-order valence-electron chi connectivity index (χ1n) is 7.01. The lowest BCUT2D eigenvalue weighted by atomic mass is 10.0. The van der Waals surface area contributed by atoms with Crippen LogP contribution in [0, 0.1) is 6.92 Å². The zero-order chi connectivity index (χ0) is 16.4. The molecule has 0 saturated carbocycles. The molecule has 0 fully saturated rings. The predicted molar refractivity (Wildman–Crippen MR) is 82.6 cm³/mol. The van der Waals surface area contributed by atoms with E-state index < -0.39 is 11.7 Å². The van der Waals surface area contributed by atoms with Crippen molar-refractivity contribution in [2.45, 2.75) is 13.1 Å². The van der Waals surface area contributed by atoms with E-state index in [1.54, 1.807) is 6.20 Å². The Morgan fingerprint density at radius 3 is 1.57 bits per heavy atom. The zero-order valence-electron chi connectivity index (χ0n) is 12.3. The second-order valence-electron chi connectivity index (χ2n) is 5.19. The van der Waals surface area contributed by atoms with Crippen LogP contribution < -0.4 is 0 Å². The molecular weight excluding hydrogens is 301 g/mol. The third-order valence-corrected chi connectivity index (χ3v) is 3.51. The predicted octanol–water partition coefficient (Wildman–Crippen LogP) is 5.14. The number of nitrogens with zero attached hydrogens (tertiary/aromatic N) is 2. The molecule has 0 N–H and O–H groups in total. The molecule has 0 saturated heterocycles. The van der Waals surface area contributed by atoms with Crippen molar-refractivity contribution in [1.82, 2.24) is 9.97 Å². The lowest BCUT2D eigenvalue weighted by Crippen LogP contribution is -2.04. The van der Waals surface area contributed by atoms with Gasteiger partial charge < -0.3 is 0 Å². The number of rotatable bonds is 2. The van der Waals surface area contributed by atoms with Crippen LogP contribution in [0.4, 0.5) is 13.2 Å². The van der Waals surface area contributed by atoms with Crippen molar-refractivity contribution in [3.05, 3.63) is 72.1 Å². The van der Waals surface area contributed by atoms with Crippen LogP contribution in [0.1, 0.15) is 11.1 Å². The lowest BCUT2D eigenvalue weighted by molar-refractivity contribution is -0.137. The summed E-state index contributed by atoms with van der Waals surface area (Å²) in [5, 5.41) is 0. The highest BCUT2D eigenvalue weighted by molar-refractivity contribution is 5.77. The van der Waals surface area contributed by atoms with E-state index in [0.29, 0.717) is 17.0 Å². The molecule has 0 aliphatic heterocycles. The van der Waals surface area contributed by atoms with Crippen molar-refractivity contribution in [2.75, 3.05) is 0 Å². The van der Waals surface area contributed by atoms with Crippen LogP contribution in [0.15, 0.2) is 60.9 Å². The average molecular weight is 314 g/mol. The van der Waals surface area contributed by atoms with Crippen molar-refractivity contribution in [3.63, 3.8) is 0 Å². The molecule has 0 aliphatic carbocycles. The molecule has 23 heavy (non-hydrogen) atoms. The molecule has 0 unspecified atom stereocenters. The van der Waals surface area contributed by atoms with Gasteiger partial charge in [0.15, 0.2) is 0 Å². The van der Waals surface area contributed by atoms with Crippen molar-refractivity contribution in [3.8, 4) is 22.5 Å². The third kappa shape index (κ3) is 3.23. The van der Waals surface area contributed by atoms with Gasteiger partial charge in [-0.05, 0) is 19.1 Å². The number of aromatic nitrogens is 2. The number of benzene rings is 2. The smallest absolute Gasteiger partial charge is 0.252 e. The van der Waals surface area contributed by atoms with Gasteiger partial charge in [-0.1, -0.05) is 42.0 Å². The van der Waals surface area contributed by atoms with Crippen LogP contribution in [-0.2, 0) is 6.18 Å². The molecule has 0 amide bonds. The second kappa shape index (κ2) is 5.83. The van der Waals surface area contributed by atoms with Crippen LogP contribution in [-0.4, -0.2) is 9.97 Å². The Morgan fingerprint density at radius 2 is 1.13 bits per heavy atom. The zero-order valence-corrected chi connectivity index (χ0v) is 12.3. The molecule has 1 aromatic heterocycles. The average Bonchev–Trinajstić information content (AvgIpc) is 2.55. The summed E-state index contributed by atoms with van der Waals surface area (Å²) >= 11 is 0. The van der Waals surface area contributed by atoms with E-state index in [2.05, 4.69) is 9.97 Å². The minimum absolute atomic E-state index is 0.560. The Labute approximate surface area is 131 Å². The van der Waals surface area contributed by atoms with Gasteiger partial charge in [0.05, 0.1) is 17.0 Å². The number of alkyl halides is 3. The fourth-order valence-electron chi connectivity index (χ4n) is 2.29.